The largest absolute Gasteiger partial charge is 0.481 e. The number of hydrogen-bond acceptors (Lipinski definition) is 4. The zero-order valence-corrected chi connectivity index (χ0v) is 16.4. The van der Waals surface area contributed by atoms with Crippen LogP contribution in [0, 0.1) is 13.8 Å². The second-order valence-electron chi connectivity index (χ2n) is 6.33. The summed E-state index contributed by atoms with van der Waals surface area (Å²) in [7, 11) is -0.648. The molecule has 0 aliphatic carbocycles. The average Bonchev–Trinajstić information content (AvgIpc) is 2.58. The Labute approximate surface area is 154 Å². The van der Waals surface area contributed by atoms with Crippen molar-refractivity contribution in [3.8, 4) is 5.75 Å². The quantitative estimate of drug-likeness (QED) is 0.841. The molecule has 0 saturated carbocycles. The van der Waals surface area contributed by atoms with Crippen LogP contribution in [0.1, 0.15) is 18.1 Å². The van der Waals surface area contributed by atoms with Gasteiger partial charge in [0.15, 0.2) is 6.10 Å². The van der Waals surface area contributed by atoms with E-state index in [2.05, 4.69) is 5.32 Å². The van der Waals surface area contributed by atoms with Gasteiger partial charge in [-0.15, -0.1) is 0 Å². The van der Waals surface area contributed by atoms with Crippen LogP contribution < -0.4 is 10.1 Å². The highest BCUT2D eigenvalue weighted by atomic mass is 32.2. The maximum Gasteiger partial charge on any atom is 0.265 e. The number of anilines is 1. The molecule has 2 aromatic carbocycles. The van der Waals surface area contributed by atoms with Crippen molar-refractivity contribution in [2.45, 2.75) is 31.8 Å². The highest BCUT2D eigenvalue weighted by Crippen LogP contribution is 2.22. The summed E-state index contributed by atoms with van der Waals surface area (Å²) in [5, 5.41) is 2.75. The molecule has 1 N–H and O–H groups in total. The molecular formula is C19H24N2O4S. The molecule has 0 aliphatic heterocycles. The molecular weight excluding hydrogens is 352 g/mol. The first-order valence-electron chi connectivity index (χ1n) is 8.18. The van der Waals surface area contributed by atoms with Gasteiger partial charge in [-0.2, -0.15) is 0 Å². The molecule has 6 nitrogen and oxygen atoms in total. The van der Waals surface area contributed by atoms with Crippen LogP contribution in [0.2, 0.25) is 0 Å². The standard InChI is InChI=1S/C19H24N2O4S/c1-13-6-9-16(10-7-13)25-15(3)19(22)20-18-12-17(11-8-14(18)2)26(23,24)21(4)5/h6-12,15H,1-5H3,(H,20,22). The van der Waals surface area contributed by atoms with Gasteiger partial charge in [0.25, 0.3) is 5.91 Å². The first-order valence-corrected chi connectivity index (χ1v) is 9.62. The molecule has 7 heteroatoms. The number of carbonyl (C=O) groups is 1. The number of ether oxygens (including phenoxy) is 1. The number of hydrogen-bond donors (Lipinski definition) is 1. The van der Waals surface area contributed by atoms with E-state index >= 15 is 0 Å². The van der Waals surface area contributed by atoms with Crippen LogP contribution >= 0.6 is 0 Å². The number of aryl methyl sites for hydroxylation is 2. The van der Waals surface area contributed by atoms with E-state index in [1.807, 2.05) is 19.1 Å². The Balaban J connectivity index is 2.16. The lowest BCUT2D eigenvalue weighted by molar-refractivity contribution is -0.122. The Morgan fingerprint density at radius 3 is 2.27 bits per heavy atom. The molecule has 0 saturated heterocycles. The van der Waals surface area contributed by atoms with Gasteiger partial charge in [0.2, 0.25) is 10.0 Å². The van der Waals surface area contributed by atoms with E-state index in [-0.39, 0.29) is 10.8 Å². The van der Waals surface area contributed by atoms with Crippen LogP contribution in [0.4, 0.5) is 5.69 Å². The number of sulfonamides is 1. The SMILES string of the molecule is Cc1ccc(OC(C)C(=O)Nc2cc(S(=O)(=O)N(C)C)ccc2C)cc1. The lowest BCUT2D eigenvalue weighted by Gasteiger charge is -2.17. The number of carbonyl (C=O) groups excluding carboxylic acids is 1. The van der Waals surface area contributed by atoms with Crippen molar-refractivity contribution in [2.75, 3.05) is 19.4 Å². The van der Waals surface area contributed by atoms with Crippen LogP contribution in [0.5, 0.6) is 5.75 Å². The molecule has 0 aromatic heterocycles. The number of nitrogens with zero attached hydrogens (tertiary/aromatic N) is 1. The van der Waals surface area contributed by atoms with E-state index in [4.69, 9.17) is 4.74 Å². The minimum absolute atomic E-state index is 0.121. The van der Waals surface area contributed by atoms with Crippen molar-refractivity contribution < 1.29 is 17.9 Å². The Kier molecular flexibility index (Phi) is 6.05. The molecule has 1 amide bonds. The van der Waals surface area contributed by atoms with Gasteiger partial charge in [0.05, 0.1) is 4.90 Å². The first kappa shape index (κ1) is 19.9. The topological polar surface area (TPSA) is 75.7 Å². The van der Waals surface area contributed by atoms with Gasteiger partial charge in [-0.05, 0) is 50.6 Å². The maximum absolute atomic E-state index is 12.4. The van der Waals surface area contributed by atoms with Crippen LogP contribution in [-0.2, 0) is 14.8 Å². The highest BCUT2D eigenvalue weighted by molar-refractivity contribution is 7.89. The van der Waals surface area contributed by atoms with E-state index in [1.54, 1.807) is 32.0 Å². The minimum atomic E-state index is -3.57. The summed E-state index contributed by atoms with van der Waals surface area (Å²) in [5.74, 6) is 0.243. The monoisotopic (exact) mass is 376 g/mol. The van der Waals surface area contributed by atoms with Crippen molar-refractivity contribution >= 4 is 21.6 Å². The molecule has 1 atom stereocenters. The molecule has 1 unspecified atom stereocenters. The molecule has 140 valence electrons. The fraction of sp³-hybridized carbons (Fsp3) is 0.316. The third-order valence-electron chi connectivity index (χ3n) is 3.95. The van der Waals surface area contributed by atoms with Gasteiger partial charge in [-0.25, -0.2) is 12.7 Å². The van der Waals surface area contributed by atoms with Crippen molar-refractivity contribution in [3.63, 3.8) is 0 Å². The Bertz CT molecular complexity index is 890. The van der Waals surface area contributed by atoms with E-state index < -0.39 is 16.1 Å². The van der Waals surface area contributed by atoms with Crippen molar-refractivity contribution in [1.29, 1.82) is 0 Å². The van der Waals surface area contributed by atoms with E-state index in [0.717, 1.165) is 15.4 Å². The lowest BCUT2D eigenvalue weighted by Crippen LogP contribution is -2.30. The van der Waals surface area contributed by atoms with E-state index in [1.165, 1.54) is 26.2 Å². The summed E-state index contributed by atoms with van der Waals surface area (Å²) in [4.78, 5) is 12.6. The van der Waals surface area contributed by atoms with Crippen LogP contribution in [0.15, 0.2) is 47.4 Å². The van der Waals surface area contributed by atoms with E-state index in [9.17, 15) is 13.2 Å². The van der Waals surface area contributed by atoms with Crippen molar-refractivity contribution in [3.05, 3.63) is 53.6 Å². The Hall–Kier alpha value is -2.38. The lowest BCUT2D eigenvalue weighted by atomic mass is 10.2. The van der Waals surface area contributed by atoms with Gasteiger partial charge < -0.3 is 10.1 Å². The fourth-order valence-electron chi connectivity index (χ4n) is 2.22. The van der Waals surface area contributed by atoms with Gasteiger partial charge in [-0.3, -0.25) is 4.79 Å². The molecule has 2 rings (SSSR count). The Morgan fingerprint density at radius 2 is 1.69 bits per heavy atom. The number of nitrogens with one attached hydrogen (secondary N) is 1. The van der Waals surface area contributed by atoms with Gasteiger partial charge in [0, 0.05) is 19.8 Å². The summed E-state index contributed by atoms with van der Waals surface area (Å²) in [6.45, 7) is 5.41. The Morgan fingerprint density at radius 1 is 1.08 bits per heavy atom. The summed E-state index contributed by atoms with van der Waals surface area (Å²) in [6, 6.07) is 12.0. The number of amides is 1. The number of benzene rings is 2. The molecule has 0 heterocycles. The van der Waals surface area contributed by atoms with Crippen LogP contribution in [-0.4, -0.2) is 38.8 Å². The van der Waals surface area contributed by atoms with Crippen LogP contribution in [0.3, 0.4) is 0 Å². The van der Waals surface area contributed by atoms with Gasteiger partial charge in [-0.1, -0.05) is 23.8 Å². The average molecular weight is 376 g/mol. The molecule has 2 aromatic rings. The summed E-state index contributed by atoms with van der Waals surface area (Å²) in [5.41, 5.74) is 2.31. The molecule has 0 fully saturated rings. The molecule has 0 bridgehead atoms. The fourth-order valence-corrected chi connectivity index (χ4v) is 3.14. The number of rotatable bonds is 6. The zero-order valence-electron chi connectivity index (χ0n) is 15.6. The molecule has 0 radical (unpaired) electrons. The van der Waals surface area contributed by atoms with Crippen LogP contribution in [0.25, 0.3) is 0 Å². The summed E-state index contributed by atoms with van der Waals surface area (Å²) < 4.78 is 31.3. The zero-order chi connectivity index (χ0) is 19.5. The van der Waals surface area contributed by atoms with E-state index in [0.29, 0.717) is 11.4 Å². The minimum Gasteiger partial charge on any atom is -0.481 e. The highest BCUT2D eigenvalue weighted by Gasteiger charge is 2.20. The summed E-state index contributed by atoms with van der Waals surface area (Å²) >= 11 is 0. The van der Waals surface area contributed by atoms with Crippen molar-refractivity contribution in [1.82, 2.24) is 4.31 Å². The summed E-state index contributed by atoms with van der Waals surface area (Å²) in [6.07, 6.45) is -0.730. The predicted molar refractivity (Wildman–Crippen MR) is 102 cm³/mol. The second-order valence-corrected chi connectivity index (χ2v) is 8.48. The molecule has 0 aliphatic rings. The molecule has 0 spiro atoms. The maximum atomic E-state index is 12.4. The van der Waals surface area contributed by atoms with Gasteiger partial charge in [0.1, 0.15) is 5.75 Å². The predicted octanol–water partition coefficient (Wildman–Crippen LogP) is 2.96. The third-order valence-corrected chi connectivity index (χ3v) is 5.76. The van der Waals surface area contributed by atoms with Gasteiger partial charge >= 0.3 is 0 Å². The molecule has 26 heavy (non-hydrogen) atoms. The smallest absolute Gasteiger partial charge is 0.265 e. The third kappa shape index (κ3) is 4.62. The second kappa shape index (κ2) is 7.88. The normalized spacial score (nSPS) is 12.7. The van der Waals surface area contributed by atoms with Crippen molar-refractivity contribution in [2.24, 2.45) is 0 Å². The first-order chi connectivity index (χ1) is 12.1.